The van der Waals surface area contributed by atoms with Gasteiger partial charge in [0.05, 0.1) is 5.41 Å². The maximum Gasteiger partial charge on any atom is 0.0741 e. The molecule has 0 radical (unpaired) electrons. The summed E-state index contributed by atoms with van der Waals surface area (Å²) in [6.07, 6.45) is 0. The second kappa shape index (κ2) is 3.97. The maximum absolute atomic E-state index is 6.24. The highest BCUT2D eigenvalue weighted by Crippen LogP contribution is 2.56. The van der Waals surface area contributed by atoms with Gasteiger partial charge in [-0.05, 0) is 22.3 Å². The third kappa shape index (κ3) is 1.22. The number of nitrogens with two attached hydrogens (primary N) is 1. The lowest BCUT2D eigenvalue weighted by Crippen LogP contribution is -2.40. The Morgan fingerprint density at radius 1 is 0.550 bits per heavy atom. The van der Waals surface area contributed by atoms with E-state index < -0.39 is 0 Å². The quantitative estimate of drug-likeness (QED) is 0.540. The van der Waals surface area contributed by atoms with E-state index in [4.69, 9.17) is 5.73 Å². The van der Waals surface area contributed by atoms with Crippen LogP contribution in [0.2, 0.25) is 0 Å². The lowest BCUT2D eigenvalue weighted by molar-refractivity contribution is 0.702. The summed E-state index contributed by atoms with van der Waals surface area (Å²) in [6.45, 7) is 0. The fraction of sp³-hybridized carbons (Fsp3) is 0.0526. The molecule has 96 valence electrons. The van der Waals surface area contributed by atoms with Gasteiger partial charge in [-0.15, -0.1) is 0 Å². The van der Waals surface area contributed by atoms with Crippen molar-refractivity contribution in [2.45, 2.75) is 5.41 Å². The second-order valence-electron chi connectivity index (χ2n) is 5.25. The van der Waals surface area contributed by atoms with Crippen LogP contribution in [0.25, 0.3) is 0 Å². The molecular weight excluding hydrogens is 242 g/mol. The molecule has 2 N–H and O–H groups in total. The first-order valence-corrected chi connectivity index (χ1v) is 6.85. The average Bonchev–Trinajstić information content (AvgIpc) is 2.55. The number of hydrogen-bond donors (Lipinski definition) is 1. The van der Waals surface area contributed by atoms with Gasteiger partial charge in [0, 0.05) is 5.69 Å². The monoisotopic (exact) mass is 257 g/mol. The Kier molecular flexibility index (Phi) is 2.25. The summed E-state index contributed by atoms with van der Waals surface area (Å²) in [5.74, 6) is 0. The van der Waals surface area contributed by atoms with E-state index in [2.05, 4.69) is 78.9 Å². The van der Waals surface area contributed by atoms with Gasteiger partial charge in [0.2, 0.25) is 0 Å². The molecule has 0 heterocycles. The molecule has 1 aliphatic carbocycles. The third-order valence-corrected chi connectivity index (χ3v) is 4.33. The van der Waals surface area contributed by atoms with Crippen molar-refractivity contribution in [2.75, 3.05) is 5.73 Å². The molecule has 1 nitrogen and oxygen atoms in total. The summed E-state index contributed by atoms with van der Waals surface area (Å²) in [6, 6.07) is 27.6. The molecule has 2 bridgehead atoms. The van der Waals surface area contributed by atoms with Crippen molar-refractivity contribution in [1.82, 2.24) is 0 Å². The van der Waals surface area contributed by atoms with Gasteiger partial charge >= 0.3 is 0 Å². The van der Waals surface area contributed by atoms with Gasteiger partial charge in [-0.3, -0.25) is 0 Å². The van der Waals surface area contributed by atoms with E-state index in [1.165, 1.54) is 22.3 Å². The zero-order chi connectivity index (χ0) is 13.6. The number of para-hydroxylation sites is 1. The molecule has 0 saturated carbocycles. The molecule has 0 aliphatic heterocycles. The number of nitrogen functional groups attached to an aromatic ring is 1. The van der Waals surface area contributed by atoms with Crippen LogP contribution in [0.15, 0.2) is 78.9 Å². The van der Waals surface area contributed by atoms with Crippen molar-refractivity contribution in [3.63, 3.8) is 0 Å². The van der Waals surface area contributed by atoms with Crippen LogP contribution in [0.4, 0.5) is 5.69 Å². The molecule has 1 aliphatic rings. The molecule has 1 heteroatoms. The topological polar surface area (TPSA) is 26.0 Å². The molecular formula is C19H15N. The highest BCUT2D eigenvalue weighted by Gasteiger charge is 2.48. The number of hydrogen-bond acceptors (Lipinski definition) is 1. The molecule has 3 aromatic carbocycles. The van der Waals surface area contributed by atoms with E-state index in [0.717, 1.165) is 5.69 Å². The van der Waals surface area contributed by atoms with E-state index in [1.54, 1.807) is 0 Å². The molecule has 0 saturated heterocycles. The fourth-order valence-electron chi connectivity index (χ4n) is 3.47. The Labute approximate surface area is 118 Å². The van der Waals surface area contributed by atoms with Crippen LogP contribution < -0.4 is 5.73 Å². The van der Waals surface area contributed by atoms with Crippen molar-refractivity contribution in [1.29, 1.82) is 0 Å². The third-order valence-electron chi connectivity index (χ3n) is 4.33. The molecule has 0 aromatic heterocycles. The van der Waals surface area contributed by atoms with Gasteiger partial charge in [0.1, 0.15) is 0 Å². The Balaban J connectivity index is 2.04. The predicted molar refractivity (Wildman–Crippen MR) is 82.7 cm³/mol. The SMILES string of the molecule is Nc1c2cccc1C2(c1ccccc1)c1ccccc1. The lowest BCUT2D eigenvalue weighted by Gasteiger charge is -2.45. The van der Waals surface area contributed by atoms with E-state index in [-0.39, 0.29) is 5.41 Å². The van der Waals surface area contributed by atoms with Crippen molar-refractivity contribution < 1.29 is 0 Å². The molecule has 0 fully saturated rings. The van der Waals surface area contributed by atoms with Gasteiger partial charge in [0.25, 0.3) is 0 Å². The minimum absolute atomic E-state index is 0.179. The van der Waals surface area contributed by atoms with Gasteiger partial charge < -0.3 is 5.73 Å². The largest absolute Gasteiger partial charge is 0.398 e. The van der Waals surface area contributed by atoms with Gasteiger partial charge in [-0.2, -0.15) is 0 Å². The molecule has 3 aromatic rings. The summed E-state index contributed by atoms with van der Waals surface area (Å²) in [5, 5.41) is 0. The standard InChI is InChI=1S/C19H15N/c20-18-16-12-7-13-17(18)19(16,14-8-3-1-4-9-14)15-10-5-2-6-11-15/h1-13H,20H2. The van der Waals surface area contributed by atoms with E-state index in [0.29, 0.717) is 0 Å². The van der Waals surface area contributed by atoms with Crippen molar-refractivity contribution in [3.05, 3.63) is 101 Å². The van der Waals surface area contributed by atoms with Crippen molar-refractivity contribution in [3.8, 4) is 0 Å². The van der Waals surface area contributed by atoms with Crippen LogP contribution in [-0.2, 0) is 5.41 Å². The highest BCUT2D eigenvalue weighted by atomic mass is 14.7. The number of rotatable bonds is 2. The molecule has 0 spiro atoms. The Bertz CT molecular complexity index is 697. The highest BCUT2D eigenvalue weighted by molar-refractivity contribution is 5.81. The minimum Gasteiger partial charge on any atom is -0.398 e. The number of benzene rings is 3. The van der Waals surface area contributed by atoms with Gasteiger partial charge in [0.15, 0.2) is 0 Å². The molecule has 0 amide bonds. The Morgan fingerprint density at radius 3 is 1.40 bits per heavy atom. The maximum atomic E-state index is 6.24. The molecule has 20 heavy (non-hydrogen) atoms. The van der Waals surface area contributed by atoms with Crippen LogP contribution in [0.3, 0.4) is 0 Å². The Morgan fingerprint density at radius 2 is 1.00 bits per heavy atom. The van der Waals surface area contributed by atoms with Gasteiger partial charge in [-0.1, -0.05) is 78.9 Å². The molecule has 0 atom stereocenters. The zero-order valence-corrected chi connectivity index (χ0v) is 11.1. The average molecular weight is 257 g/mol. The van der Waals surface area contributed by atoms with Crippen LogP contribution in [0.1, 0.15) is 22.3 Å². The molecule has 4 rings (SSSR count). The first kappa shape index (κ1) is 11.3. The van der Waals surface area contributed by atoms with Crippen molar-refractivity contribution >= 4 is 5.69 Å². The minimum atomic E-state index is -0.179. The summed E-state index contributed by atoms with van der Waals surface area (Å²) in [7, 11) is 0. The Hall–Kier alpha value is -2.54. The van der Waals surface area contributed by atoms with Crippen LogP contribution >= 0.6 is 0 Å². The summed E-state index contributed by atoms with van der Waals surface area (Å²) >= 11 is 0. The van der Waals surface area contributed by atoms with Crippen molar-refractivity contribution in [2.24, 2.45) is 0 Å². The first-order chi connectivity index (χ1) is 9.85. The number of fused-ring (bicyclic) bond motifs is 2. The molecule has 0 unspecified atom stereocenters. The second-order valence-corrected chi connectivity index (χ2v) is 5.25. The lowest BCUT2D eigenvalue weighted by atomic mass is 9.57. The van der Waals surface area contributed by atoms with E-state index in [1.807, 2.05) is 0 Å². The summed E-state index contributed by atoms with van der Waals surface area (Å²) in [5.41, 5.74) is 12.0. The number of anilines is 1. The summed E-state index contributed by atoms with van der Waals surface area (Å²) in [4.78, 5) is 0. The van der Waals surface area contributed by atoms with Gasteiger partial charge in [-0.25, -0.2) is 0 Å². The normalized spacial score (nSPS) is 14.6. The smallest absolute Gasteiger partial charge is 0.0741 e. The first-order valence-electron chi connectivity index (χ1n) is 6.85. The van der Waals surface area contributed by atoms with E-state index >= 15 is 0 Å². The fourth-order valence-corrected chi connectivity index (χ4v) is 3.47. The summed E-state index contributed by atoms with van der Waals surface area (Å²) < 4.78 is 0. The van der Waals surface area contributed by atoms with Crippen LogP contribution in [0.5, 0.6) is 0 Å². The van der Waals surface area contributed by atoms with Crippen LogP contribution in [0, 0.1) is 0 Å². The zero-order valence-electron chi connectivity index (χ0n) is 11.1. The van der Waals surface area contributed by atoms with Crippen LogP contribution in [-0.4, -0.2) is 0 Å². The van der Waals surface area contributed by atoms with E-state index in [9.17, 15) is 0 Å². The predicted octanol–water partition coefficient (Wildman–Crippen LogP) is 3.96.